The Kier molecular flexibility index (Phi) is 4.87. The lowest BCUT2D eigenvalue weighted by Crippen LogP contribution is -2.55. The number of carbonyl (C=O) groups is 1. The fraction of sp³-hybridized carbons (Fsp3) is 0.571. The summed E-state index contributed by atoms with van der Waals surface area (Å²) < 4.78 is 0. The molecule has 2 heterocycles. The van der Waals surface area contributed by atoms with Gasteiger partial charge in [-0.15, -0.1) is 0 Å². The number of pyridine rings is 1. The average Bonchev–Trinajstić information content (AvgIpc) is 2.40. The largest absolute Gasteiger partial charge is 0.481 e. The maximum absolute atomic E-state index is 10.7. The highest BCUT2D eigenvalue weighted by atomic mass is 16.4. The van der Waals surface area contributed by atoms with E-state index in [1.807, 2.05) is 18.2 Å². The first-order chi connectivity index (χ1) is 9.16. The fourth-order valence-corrected chi connectivity index (χ4v) is 2.57. The zero-order chi connectivity index (χ0) is 13.7. The van der Waals surface area contributed by atoms with Crippen LogP contribution in [0, 0.1) is 0 Å². The second kappa shape index (κ2) is 6.63. The Balaban J connectivity index is 2.01. The Morgan fingerprint density at radius 3 is 3.05 bits per heavy atom. The molecule has 1 aliphatic rings. The minimum atomic E-state index is -0.726. The van der Waals surface area contributed by atoms with Gasteiger partial charge in [-0.3, -0.25) is 14.7 Å². The molecule has 104 valence electrons. The molecule has 1 saturated heterocycles. The highest BCUT2D eigenvalue weighted by Crippen LogP contribution is 2.17. The monoisotopic (exact) mass is 263 g/mol. The van der Waals surface area contributed by atoms with E-state index in [0.717, 1.165) is 25.3 Å². The second-order valence-corrected chi connectivity index (χ2v) is 5.09. The molecule has 0 spiro atoms. The Bertz CT molecular complexity index is 410. The van der Waals surface area contributed by atoms with E-state index in [4.69, 9.17) is 5.11 Å². The molecule has 0 aliphatic carbocycles. The number of hydrogen-bond donors (Lipinski definition) is 2. The van der Waals surface area contributed by atoms with Crippen LogP contribution in [-0.2, 0) is 11.3 Å². The van der Waals surface area contributed by atoms with Gasteiger partial charge in [0.25, 0.3) is 0 Å². The van der Waals surface area contributed by atoms with Gasteiger partial charge in [0, 0.05) is 44.3 Å². The lowest BCUT2D eigenvalue weighted by molar-refractivity contribution is -0.137. The Morgan fingerprint density at radius 1 is 1.53 bits per heavy atom. The van der Waals surface area contributed by atoms with Crippen molar-refractivity contribution in [2.75, 3.05) is 13.1 Å². The van der Waals surface area contributed by atoms with Crippen LogP contribution >= 0.6 is 0 Å². The number of rotatable bonds is 5. The SMILES string of the molecule is CC1CNCC(CCC(=O)O)N1Cc1ccccn1. The zero-order valence-corrected chi connectivity index (χ0v) is 11.2. The van der Waals surface area contributed by atoms with Gasteiger partial charge < -0.3 is 10.4 Å². The molecule has 1 aromatic heterocycles. The van der Waals surface area contributed by atoms with Crippen molar-refractivity contribution < 1.29 is 9.90 Å². The van der Waals surface area contributed by atoms with Crippen molar-refractivity contribution in [1.29, 1.82) is 0 Å². The van der Waals surface area contributed by atoms with Gasteiger partial charge in [0.2, 0.25) is 0 Å². The summed E-state index contributed by atoms with van der Waals surface area (Å²) in [6.45, 7) is 4.75. The molecule has 5 nitrogen and oxygen atoms in total. The van der Waals surface area contributed by atoms with E-state index in [-0.39, 0.29) is 12.5 Å². The van der Waals surface area contributed by atoms with E-state index in [9.17, 15) is 4.79 Å². The number of carboxylic acid groups (broad SMARTS) is 1. The van der Waals surface area contributed by atoms with Gasteiger partial charge in [-0.2, -0.15) is 0 Å². The third-order valence-electron chi connectivity index (χ3n) is 3.62. The molecule has 2 atom stereocenters. The summed E-state index contributed by atoms with van der Waals surface area (Å²) in [5.74, 6) is -0.726. The quantitative estimate of drug-likeness (QED) is 0.833. The maximum atomic E-state index is 10.7. The molecule has 0 aromatic carbocycles. The van der Waals surface area contributed by atoms with E-state index in [0.29, 0.717) is 12.5 Å². The van der Waals surface area contributed by atoms with Crippen molar-refractivity contribution in [3.63, 3.8) is 0 Å². The van der Waals surface area contributed by atoms with Crippen LogP contribution in [0.4, 0.5) is 0 Å². The molecule has 0 amide bonds. The smallest absolute Gasteiger partial charge is 0.303 e. The Labute approximate surface area is 113 Å². The second-order valence-electron chi connectivity index (χ2n) is 5.09. The Hall–Kier alpha value is -1.46. The van der Waals surface area contributed by atoms with Crippen molar-refractivity contribution in [3.05, 3.63) is 30.1 Å². The molecular formula is C14H21N3O2. The molecule has 0 bridgehead atoms. The average molecular weight is 263 g/mol. The topological polar surface area (TPSA) is 65.5 Å². The van der Waals surface area contributed by atoms with Crippen LogP contribution in [-0.4, -0.2) is 46.1 Å². The van der Waals surface area contributed by atoms with Gasteiger partial charge in [0.1, 0.15) is 0 Å². The van der Waals surface area contributed by atoms with Crippen LogP contribution in [0.3, 0.4) is 0 Å². The number of nitrogens with zero attached hydrogens (tertiary/aromatic N) is 2. The fourth-order valence-electron chi connectivity index (χ4n) is 2.57. The van der Waals surface area contributed by atoms with Crippen molar-refractivity contribution in [2.45, 2.75) is 38.4 Å². The predicted octanol–water partition coefficient (Wildman–Crippen LogP) is 1.11. The minimum absolute atomic E-state index is 0.220. The van der Waals surface area contributed by atoms with E-state index < -0.39 is 5.97 Å². The number of aromatic nitrogens is 1. The summed E-state index contributed by atoms with van der Waals surface area (Å²) in [4.78, 5) is 17.5. The lowest BCUT2D eigenvalue weighted by atomic mass is 10.0. The molecule has 5 heteroatoms. The van der Waals surface area contributed by atoms with E-state index in [1.165, 1.54) is 0 Å². The van der Waals surface area contributed by atoms with E-state index in [1.54, 1.807) is 6.20 Å². The molecular weight excluding hydrogens is 242 g/mol. The molecule has 2 rings (SSSR count). The van der Waals surface area contributed by atoms with Crippen LogP contribution in [0.2, 0.25) is 0 Å². The zero-order valence-electron chi connectivity index (χ0n) is 11.2. The van der Waals surface area contributed by atoms with Gasteiger partial charge in [0.05, 0.1) is 5.69 Å². The van der Waals surface area contributed by atoms with E-state index >= 15 is 0 Å². The third kappa shape index (κ3) is 4.01. The summed E-state index contributed by atoms with van der Waals surface area (Å²) in [6, 6.07) is 6.58. The summed E-state index contributed by atoms with van der Waals surface area (Å²) in [6.07, 6.45) is 2.70. The lowest BCUT2D eigenvalue weighted by Gasteiger charge is -2.41. The van der Waals surface area contributed by atoms with Crippen molar-refractivity contribution >= 4 is 5.97 Å². The van der Waals surface area contributed by atoms with Crippen LogP contribution in [0.25, 0.3) is 0 Å². The summed E-state index contributed by atoms with van der Waals surface area (Å²) >= 11 is 0. The van der Waals surface area contributed by atoms with Gasteiger partial charge in [-0.1, -0.05) is 6.07 Å². The minimum Gasteiger partial charge on any atom is -0.481 e. The number of nitrogens with one attached hydrogen (secondary N) is 1. The first kappa shape index (κ1) is 14.0. The third-order valence-corrected chi connectivity index (χ3v) is 3.62. The van der Waals surface area contributed by atoms with Crippen LogP contribution < -0.4 is 5.32 Å². The molecule has 1 aliphatic heterocycles. The highest BCUT2D eigenvalue weighted by molar-refractivity contribution is 5.66. The molecule has 1 aromatic rings. The van der Waals surface area contributed by atoms with E-state index in [2.05, 4.69) is 22.1 Å². The first-order valence-corrected chi connectivity index (χ1v) is 6.75. The molecule has 2 unspecified atom stereocenters. The normalized spacial score (nSPS) is 24.3. The number of hydrogen-bond acceptors (Lipinski definition) is 4. The van der Waals surface area contributed by atoms with Crippen molar-refractivity contribution in [3.8, 4) is 0 Å². The van der Waals surface area contributed by atoms with Crippen LogP contribution in [0.1, 0.15) is 25.5 Å². The summed E-state index contributed by atoms with van der Waals surface area (Å²) in [5.41, 5.74) is 1.04. The van der Waals surface area contributed by atoms with Gasteiger partial charge >= 0.3 is 5.97 Å². The molecule has 19 heavy (non-hydrogen) atoms. The molecule has 0 radical (unpaired) electrons. The van der Waals surface area contributed by atoms with Crippen molar-refractivity contribution in [2.24, 2.45) is 0 Å². The molecule has 2 N–H and O–H groups in total. The standard InChI is InChI=1S/C14H21N3O2/c1-11-8-15-9-13(5-6-14(18)19)17(11)10-12-4-2-3-7-16-12/h2-4,7,11,13,15H,5-6,8-10H2,1H3,(H,18,19). The van der Waals surface area contributed by atoms with Crippen molar-refractivity contribution in [1.82, 2.24) is 15.2 Å². The number of carboxylic acids is 1. The van der Waals surface area contributed by atoms with Crippen LogP contribution in [0.5, 0.6) is 0 Å². The van der Waals surface area contributed by atoms with Gasteiger partial charge in [-0.05, 0) is 25.5 Å². The molecule has 0 saturated carbocycles. The Morgan fingerprint density at radius 2 is 2.37 bits per heavy atom. The van der Waals surface area contributed by atoms with Crippen LogP contribution in [0.15, 0.2) is 24.4 Å². The first-order valence-electron chi connectivity index (χ1n) is 6.75. The summed E-state index contributed by atoms with van der Waals surface area (Å²) in [7, 11) is 0. The molecule has 1 fully saturated rings. The maximum Gasteiger partial charge on any atom is 0.303 e. The van der Waals surface area contributed by atoms with Gasteiger partial charge in [-0.25, -0.2) is 0 Å². The number of piperazine rings is 1. The highest BCUT2D eigenvalue weighted by Gasteiger charge is 2.28. The van der Waals surface area contributed by atoms with Gasteiger partial charge in [0.15, 0.2) is 0 Å². The number of aliphatic carboxylic acids is 1. The predicted molar refractivity (Wildman–Crippen MR) is 72.8 cm³/mol. The summed E-state index contributed by atoms with van der Waals surface area (Å²) in [5, 5.41) is 12.2.